The lowest BCUT2D eigenvalue weighted by Crippen LogP contribution is -2.12. The van der Waals surface area contributed by atoms with Gasteiger partial charge in [-0.2, -0.15) is 11.8 Å². The van der Waals surface area contributed by atoms with E-state index in [0.717, 1.165) is 37.9 Å². The number of rotatable bonds is 16. The molecule has 28 heavy (non-hydrogen) atoms. The fraction of sp³-hybridized carbons (Fsp3) is 0.720. The van der Waals surface area contributed by atoms with Gasteiger partial charge in [0.15, 0.2) is 0 Å². The Balaban J connectivity index is 4.25. The fourth-order valence-corrected chi connectivity index (χ4v) is 4.22. The second-order valence-corrected chi connectivity index (χ2v) is 9.38. The molecule has 0 saturated heterocycles. The number of carbonyl (C=O) groups excluding carboxylic acids is 1. The van der Waals surface area contributed by atoms with Gasteiger partial charge in [-0.15, -0.1) is 0 Å². The van der Waals surface area contributed by atoms with Crippen molar-refractivity contribution in [2.24, 2.45) is 0 Å². The smallest absolute Gasteiger partial charge is 0.306 e. The van der Waals surface area contributed by atoms with Crippen molar-refractivity contribution < 1.29 is 9.53 Å². The second kappa shape index (κ2) is 18.1. The summed E-state index contributed by atoms with van der Waals surface area (Å²) in [4.78, 5) is 11.7. The van der Waals surface area contributed by atoms with Crippen LogP contribution in [0.2, 0.25) is 0 Å². The lowest BCUT2D eigenvalue weighted by atomic mass is 10.1. The highest BCUT2D eigenvalue weighted by Crippen LogP contribution is 2.23. The second-order valence-electron chi connectivity index (χ2n) is 8.04. The number of hydrogen-bond acceptors (Lipinski definition) is 3. The average molecular weight is 409 g/mol. The van der Waals surface area contributed by atoms with Crippen molar-refractivity contribution in [1.29, 1.82) is 0 Å². The third-order valence-electron chi connectivity index (χ3n) is 4.89. The highest BCUT2D eigenvalue weighted by molar-refractivity contribution is 8.00. The molecule has 0 spiro atoms. The summed E-state index contributed by atoms with van der Waals surface area (Å²) < 4.78 is 4.87. The Labute approximate surface area is 179 Å². The molecule has 0 amide bonds. The van der Waals surface area contributed by atoms with Gasteiger partial charge in [-0.1, -0.05) is 67.6 Å². The number of methoxy groups -OCH3 is 1. The summed E-state index contributed by atoms with van der Waals surface area (Å²) in [5.41, 5.74) is 4.34. The summed E-state index contributed by atoms with van der Waals surface area (Å²) in [6.45, 7) is 11.0. The van der Waals surface area contributed by atoms with E-state index < -0.39 is 0 Å². The van der Waals surface area contributed by atoms with E-state index in [2.05, 4.69) is 52.8 Å². The quantitative estimate of drug-likeness (QED) is 0.147. The van der Waals surface area contributed by atoms with Crippen LogP contribution in [0.1, 0.15) is 98.8 Å². The van der Waals surface area contributed by atoms with Crippen LogP contribution in [0.15, 0.2) is 34.9 Å². The molecule has 162 valence electrons. The van der Waals surface area contributed by atoms with Crippen molar-refractivity contribution in [3.8, 4) is 0 Å². The Bertz CT molecular complexity index is 499. The first-order chi connectivity index (χ1) is 13.4. The van der Waals surface area contributed by atoms with Gasteiger partial charge in [0.25, 0.3) is 0 Å². The molecule has 0 aliphatic rings. The predicted molar refractivity (Wildman–Crippen MR) is 127 cm³/mol. The zero-order valence-corrected chi connectivity index (χ0v) is 20.1. The molecular weight excluding hydrogens is 364 g/mol. The van der Waals surface area contributed by atoms with E-state index >= 15 is 0 Å². The molecule has 0 fully saturated rings. The average Bonchev–Trinajstić information content (AvgIpc) is 2.64. The van der Waals surface area contributed by atoms with Crippen LogP contribution in [0.3, 0.4) is 0 Å². The summed E-state index contributed by atoms with van der Waals surface area (Å²) in [5, 5.41) is 0.380. The first-order valence-corrected chi connectivity index (χ1v) is 12.1. The number of esters is 1. The maximum atomic E-state index is 11.7. The Morgan fingerprint density at radius 3 is 2.18 bits per heavy atom. The largest absolute Gasteiger partial charge is 0.469 e. The summed E-state index contributed by atoms with van der Waals surface area (Å²) in [6.07, 6.45) is 18.3. The number of unbranched alkanes of at least 4 members (excludes halogenated alkanes) is 3. The van der Waals surface area contributed by atoms with Crippen LogP contribution in [0, 0.1) is 0 Å². The third-order valence-corrected chi connectivity index (χ3v) is 6.12. The monoisotopic (exact) mass is 408 g/mol. The van der Waals surface area contributed by atoms with Gasteiger partial charge in [0.1, 0.15) is 0 Å². The van der Waals surface area contributed by atoms with Crippen LogP contribution < -0.4 is 0 Å². The fourth-order valence-electron chi connectivity index (χ4n) is 2.98. The van der Waals surface area contributed by atoms with Crippen molar-refractivity contribution >= 4 is 17.7 Å². The van der Waals surface area contributed by atoms with E-state index in [0.29, 0.717) is 11.7 Å². The molecule has 0 heterocycles. The molecule has 0 aliphatic heterocycles. The molecule has 0 bridgehead atoms. The molecule has 0 aromatic rings. The van der Waals surface area contributed by atoms with Gasteiger partial charge < -0.3 is 4.74 Å². The molecular formula is C25H44O2S. The zero-order valence-electron chi connectivity index (χ0n) is 19.3. The summed E-state index contributed by atoms with van der Waals surface area (Å²) in [7, 11) is 1.49. The van der Waals surface area contributed by atoms with Crippen molar-refractivity contribution in [3.63, 3.8) is 0 Å². The van der Waals surface area contributed by atoms with E-state index in [1.165, 1.54) is 49.5 Å². The molecule has 0 rings (SSSR count). The van der Waals surface area contributed by atoms with Crippen LogP contribution in [-0.4, -0.2) is 24.1 Å². The molecule has 3 heteroatoms. The van der Waals surface area contributed by atoms with E-state index in [1.807, 2.05) is 11.8 Å². The topological polar surface area (TPSA) is 26.3 Å². The minimum atomic E-state index is -0.0811. The Kier molecular flexibility index (Phi) is 17.5. The molecule has 1 atom stereocenters. The van der Waals surface area contributed by atoms with Crippen molar-refractivity contribution in [2.75, 3.05) is 12.9 Å². The van der Waals surface area contributed by atoms with Gasteiger partial charge in [-0.3, -0.25) is 4.79 Å². The van der Waals surface area contributed by atoms with Gasteiger partial charge in [0, 0.05) is 11.0 Å². The summed E-state index contributed by atoms with van der Waals surface area (Å²) in [5.74, 6) is 0.910. The van der Waals surface area contributed by atoms with Gasteiger partial charge in [-0.05, 0) is 59.8 Å². The first kappa shape index (κ1) is 27.0. The molecule has 2 nitrogen and oxygen atoms in total. The minimum Gasteiger partial charge on any atom is -0.469 e. The highest BCUT2D eigenvalue weighted by atomic mass is 32.2. The standard InChI is InChI=1S/C25H44O2S/c1-7-8-9-10-17-24(20-25(26)27-6)28-19-18-23(5)16-12-15-22(4)14-11-13-21(2)3/h13,15,18,24H,7-12,14,16-17,19-20H2,1-6H3. The lowest BCUT2D eigenvalue weighted by molar-refractivity contribution is -0.140. The Morgan fingerprint density at radius 1 is 0.929 bits per heavy atom. The van der Waals surface area contributed by atoms with Crippen LogP contribution in [0.4, 0.5) is 0 Å². The van der Waals surface area contributed by atoms with E-state index in [9.17, 15) is 4.79 Å². The Morgan fingerprint density at radius 2 is 1.57 bits per heavy atom. The highest BCUT2D eigenvalue weighted by Gasteiger charge is 2.14. The van der Waals surface area contributed by atoms with Crippen molar-refractivity contribution in [2.45, 2.75) is 104 Å². The number of carbonyl (C=O) groups is 1. The normalized spacial score (nSPS) is 13.4. The van der Waals surface area contributed by atoms with Gasteiger partial charge >= 0.3 is 5.97 Å². The van der Waals surface area contributed by atoms with Gasteiger partial charge in [0.05, 0.1) is 13.5 Å². The number of thioether (sulfide) groups is 1. The molecule has 0 N–H and O–H groups in total. The van der Waals surface area contributed by atoms with Crippen molar-refractivity contribution in [3.05, 3.63) is 34.9 Å². The molecule has 0 aromatic carbocycles. The predicted octanol–water partition coefficient (Wildman–Crippen LogP) is 8.04. The third kappa shape index (κ3) is 17.2. The van der Waals surface area contributed by atoms with E-state index in [1.54, 1.807) is 0 Å². The summed E-state index contributed by atoms with van der Waals surface area (Å²) in [6, 6.07) is 0. The lowest BCUT2D eigenvalue weighted by Gasteiger charge is -2.14. The van der Waals surface area contributed by atoms with Gasteiger partial charge in [0.2, 0.25) is 0 Å². The first-order valence-electron chi connectivity index (χ1n) is 11.0. The van der Waals surface area contributed by atoms with Crippen LogP contribution >= 0.6 is 11.8 Å². The van der Waals surface area contributed by atoms with Crippen LogP contribution in [-0.2, 0) is 9.53 Å². The zero-order chi connectivity index (χ0) is 21.2. The number of allylic oxidation sites excluding steroid dienone is 5. The minimum absolute atomic E-state index is 0.0811. The molecule has 0 aromatic heterocycles. The molecule has 0 radical (unpaired) electrons. The van der Waals surface area contributed by atoms with Crippen LogP contribution in [0.25, 0.3) is 0 Å². The van der Waals surface area contributed by atoms with Crippen LogP contribution in [0.5, 0.6) is 0 Å². The number of hydrogen-bond donors (Lipinski definition) is 0. The number of ether oxygens (including phenoxy) is 1. The SMILES string of the molecule is CCCCCCC(CC(=O)OC)SCC=C(C)CCC=C(C)CCC=C(C)C. The van der Waals surface area contributed by atoms with Gasteiger partial charge in [-0.25, -0.2) is 0 Å². The maximum absolute atomic E-state index is 11.7. The van der Waals surface area contributed by atoms with Crippen molar-refractivity contribution in [1.82, 2.24) is 0 Å². The maximum Gasteiger partial charge on any atom is 0.306 e. The Hall–Kier alpha value is -0.960. The molecule has 0 saturated carbocycles. The molecule has 0 aliphatic carbocycles. The van der Waals surface area contributed by atoms with E-state index in [-0.39, 0.29) is 5.97 Å². The van der Waals surface area contributed by atoms with E-state index in [4.69, 9.17) is 4.74 Å². The molecule has 1 unspecified atom stereocenters. The summed E-state index contributed by atoms with van der Waals surface area (Å²) >= 11 is 1.91.